The normalized spacial score (nSPS) is 34.8. The highest BCUT2D eigenvalue weighted by atomic mass is 19.1. The Balaban J connectivity index is 1.95. The zero-order valence-electron chi connectivity index (χ0n) is 7.48. The molecular weight excluding hydrogens is 159 g/mol. The molecule has 0 bridgehead atoms. The van der Waals surface area contributed by atoms with Crippen molar-refractivity contribution in [2.75, 3.05) is 13.1 Å². The third-order valence-electron chi connectivity index (χ3n) is 2.27. The van der Waals surface area contributed by atoms with Crippen molar-refractivity contribution in [3.63, 3.8) is 0 Å². The molecule has 72 valence electrons. The Morgan fingerprint density at radius 1 is 1.58 bits per heavy atom. The van der Waals surface area contributed by atoms with Gasteiger partial charge >= 0.3 is 0 Å². The summed E-state index contributed by atoms with van der Waals surface area (Å²) >= 11 is 0. The van der Waals surface area contributed by atoms with Crippen LogP contribution in [0.1, 0.15) is 26.2 Å². The van der Waals surface area contributed by atoms with E-state index in [1.54, 1.807) is 0 Å². The first-order valence-electron chi connectivity index (χ1n) is 4.66. The summed E-state index contributed by atoms with van der Waals surface area (Å²) in [5, 5.41) is 13.3. The SMILES string of the molecule is CCCCCNC1C[NH+]([O-])C1F. The van der Waals surface area contributed by atoms with E-state index in [0.717, 1.165) is 13.0 Å². The fourth-order valence-electron chi connectivity index (χ4n) is 1.33. The van der Waals surface area contributed by atoms with Gasteiger partial charge in [0.15, 0.2) is 0 Å². The second kappa shape index (κ2) is 4.74. The number of unbranched alkanes of at least 4 members (excludes halogenated alkanes) is 2. The van der Waals surface area contributed by atoms with Crippen molar-refractivity contribution in [3.05, 3.63) is 5.21 Å². The van der Waals surface area contributed by atoms with Crippen molar-refractivity contribution < 1.29 is 9.45 Å². The zero-order valence-corrected chi connectivity index (χ0v) is 7.48. The molecule has 3 atom stereocenters. The van der Waals surface area contributed by atoms with E-state index in [9.17, 15) is 9.60 Å². The molecule has 1 rings (SSSR count). The van der Waals surface area contributed by atoms with Crippen LogP contribution in [0.5, 0.6) is 0 Å². The molecule has 1 fully saturated rings. The van der Waals surface area contributed by atoms with E-state index in [-0.39, 0.29) is 11.1 Å². The zero-order chi connectivity index (χ0) is 8.97. The molecule has 0 amide bonds. The molecule has 3 nitrogen and oxygen atoms in total. The Hall–Kier alpha value is -0.190. The van der Waals surface area contributed by atoms with E-state index in [1.165, 1.54) is 12.8 Å². The topological polar surface area (TPSA) is 39.5 Å². The van der Waals surface area contributed by atoms with Crippen LogP contribution in [0.25, 0.3) is 0 Å². The minimum absolute atomic E-state index is 0.186. The number of alkyl halides is 1. The van der Waals surface area contributed by atoms with Crippen LogP contribution in [0.3, 0.4) is 0 Å². The highest BCUT2D eigenvalue weighted by molar-refractivity contribution is 4.75. The molecule has 0 radical (unpaired) electrons. The molecular formula is C8H17FN2O. The Bertz CT molecular complexity index is 134. The van der Waals surface area contributed by atoms with Gasteiger partial charge in [-0.25, -0.2) is 0 Å². The van der Waals surface area contributed by atoms with Crippen molar-refractivity contribution in [2.45, 2.75) is 38.5 Å². The standard InChI is InChI=1S/C8H17FN2O/c1-2-3-4-5-10-7-6-11(12)8(7)9/h7-8,10-11H,2-6H2,1H3. The summed E-state index contributed by atoms with van der Waals surface area (Å²) in [6, 6.07) is -0.186. The first-order valence-corrected chi connectivity index (χ1v) is 4.66. The molecule has 0 aromatic heterocycles. The highest BCUT2D eigenvalue weighted by Crippen LogP contribution is 1.99. The minimum Gasteiger partial charge on any atom is -0.632 e. The van der Waals surface area contributed by atoms with Crippen LogP contribution < -0.4 is 10.4 Å². The van der Waals surface area contributed by atoms with Crippen LogP contribution >= 0.6 is 0 Å². The molecule has 0 spiro atoms. The van der Waals surface area contributed by atoms with Crippen LogP contribution in [-0.4, -0.2) is 25.4 Å². The fraction of sp³-hybridized carbons (Fsp3) is 1.00. The molecule has 0 aromatic rings. The maximum Gasteiger partial charge on any atom is 0.251 e. The summed E-state index contributed by atoms with van der Waals surface area (Å²) < 4.78 is 12.7. The number of hydroxylamine groups is 2. The Morgan fingerprint density at radius 2 is 2.33 bits per heavy atom. The van der Waals surface area contributed by atoms with Gasteiger partial charge in [0.2, 0.25) is 0 Å². The number of nitrogens with one attached hydrogen (secondary N) is 2. The van der Waals surface area contributed by atoms with E-state index >= 15 is 0 Å². The van der Waals surface area contributed by atoms with Gasteiger partial charge in [-0.15, -0.1) is 0 Å². The average molecular weight is 176 g/mol. The van der Waals surface area contributed by atoms with E-state index in [0.29, 0.717) is 6.54 Å². The summed E-state index contributed by atoms with van der Waals surface area (Å²) in [6.45, 7) is 3.35. The molecule has 0 aliphatic carbocycles. The third kappa shape index (κ3) is 2.40. The molecule has 1 aliphatic rings. The molecule has 12 heavy (non-hydrogen) atoms. The molecule has 0 saturated carbocycles. The van der Waals surface area contributed by atoms with Gasteiger partial charge in [0.1, 0.15) is 12.6 Å². The van der Waals surface area contributed by atoms with Crippen molar-refractivity contribution in [3.8, 4) is 0 Å². The van der Waals surface area contributed by atoms with Crippen LogP contribution in [0.4, 0.5) is 4.39 Å². The maximum atomic E-state index is 12.7. The largest absolute Gasteiger partial charge is 0.632 e. The monoisotopic (exact) mass is 176 g/mol. The van der Waals surface area contributed by atoms with Gasteiger partial charge in [-0.1, -0.05) is 19.8 Å². The lowest BCUT2D eigenvalue weighted by molar-refractivity contribution is -0.941. The van der Waals surface area contributed by atoms with Crippen molar-refractivity contribution in [1.82, 2.24) is 5.32 Å². The second-order valence-corrected chi connectivity index (χ2v) is 3.34. The van der Waals surface area contributed by atoms with Gasteiger partial charge in [0, 0.05) is 0 Å². The van der Waals surface area contributed by atoms with Crippen LogP contribution in [0, 0.1) is 5.21 Å². The third-order valence-corrected chi connectivity index (χ3v) is 2.27. The first kappa shape index (κ1) is 9.89. The number of quaternary nitrogens is 1. The molecule has 0 aromatic carbocycles. The van der Waals surface area contributed by atoms with E-state index in [2.05, 4.69) is 12.2 Å². The lowest BCUT2D eigenvalue weighted by atomic mass is 10.1. The van der Waals surface area contributed by atoms with Gasteiger partial charge in [-0.3, -0.25) is 0 Å². The van der Waals surface area contributed by atoms with Gasteiger partial charge in [0.25, 0.3) is 6.30 Å². The quantitative estimate of drug-likeness (QED) is 0.347. The molecule has 3 unspecified atom stereocenters. The van der Waals surface area contributed by atoms with Gasteiger partial charge in [0.05, 0.1) is 0 Å². The molecule has 1 heterocycles. The number of hydrogen-bond donors (Lipinski definition) is 2. The minimum atomic E-state index is -1.23. The number of halogens is 1. The van der Waals surface area contributed by atoms with Crippen LogP contribution in [0.2, 0.25) is 0 Å². The Morgan fingerprint density at radius 3 is 2.83 bits per heavy atom. The van der Waals surface area contributed by atoms with Gasteiger partial charge < -0.3 is 15.6 Å². The second-order valence-electron chi connectivity index (χ2n) is 3.34. The smallest absolute Gasteiger partial charge is 0.251 e. The van der Waals surface area contributed by atoms with Crippen molar-refractivity contribution in [1.29, 1.82) is 0 Å². The maximum absolute atomic E-state index is 12.7. The molecule has 1 saturated heterocycles. The summed E-state index contributed by atoms with van der Waals surface area (Å²) in [6.07, 6.45) is 2.19. The molecule has 4 heteroatoms. The summed E-state index contributed by atoms with van der Waals surface area (Å²) in [5.74, 6) is 0. The highest BCUT2D eigenvalue weighted by Gasteiger charge is 2.38. The summed E-state index contributed by atoms with van der Waals surface area (Å²) in [5.41, 5.74) is 0. The fourth-order valence-corrected chi connectivity index (χ4v) is 1.33. The lowest BCUT2D eigenvalue weighted by Gasteiger charge is -2.41. The molecule has 2 N–H and O–H groups in total. The van der Waals surface area contributed by atoms with E-state index < -0.39 is 6.30 Å². The van der Waals surface area contributed by atoms with Crippen molar-refractivity contribution >= 4 is 0 Å². The summed E-state index contributed by atoms with van der Waals surface area (Å²) in [4.78, 5) is 0. The Kier molecular flexibility index (Phi) is 3.91. The van der Waals surface area contributed by atoms with Gasteiger partial charge in [-0.2, -0.15) is 4.39 Å². The Labute approximate surface area is 72.5 Å². The molecule has 1 aliphatic heterocycles. The van der Waals surface area contributed by atoms with Crippen molar-refractivity contribution in [2.24, 2.45) is 0 Å². The number of hydrogen-bond acceptors (Lipinski definition) is 2. The lowest BCUT2D eigenvalue weighted by Crippen LogP contribution is -3.22. The summed E-state index contributed by atoms with van der Waals surface area (Å²) in [7, 11) is 0. The van der Waals surface area contributed by atoms with Gasteiger partial charge in [-0.05, 0) is 13.0 Å². The average Bonchev–Trinajstić information content (AvgIpc) is 2.10. The first-order chi connectivity index (χ1) is 5.75. The predicted octanol–water partition coefficient (Wildman–Crippen LogP) is -0.173. The van der Waals surface area contributed by atoms with Crippen LogP contribution in [0.15, 0.2) is 0 Å². The van der Waals surface area contributed by atoms with Crippen LogP contribution in [-0.2, 0) is 0 Å². The number of rotatable bonds is 5. The van der Waals surface area contributed by atoms with E-state index in [1.807, 2.05) is 0 Å². The van der Waals surface area contributed by atoms with E-state index in [4.69, 9.17) is 0 Å². The predicted molar refractivity (Wildman–Crippen MR) is 45.4 cm³/mol.